The number of nitrogens with two attached hydrogens (primary N) is 2. The number of unbranched alkanes of at least 4 members (excludes halogenated alkanes) is 1. The third-order valence-electron chi connectivity index (χ3n) is 7.33. The highest BCUT2D eigenvalue weighted by Gasteiger charge is 2.34. The molecule has 0 unspecified atom stereocenters. The van der Waals surface area contributed by atoms with Gasteiger partial charge in [-0.05, 0) is 44.1 Å². The monoisotopic (exact) mass is 675 g/mol. The van der Waals surface area contributed by atoms with Crippen molar-refractivity contribution in [3.63, 3.8) is 0 Å². The van der Waals surface area contributed by atoms with E-state index >= 15 is 0 Å². The minimum atomic E-state index is -1.66. The Kier molecular flexibility index (Phi) is 20.8. The second kappa shape index (κ2) is 22.6. The Bertz CT molecular complexity index is 1060. The summed E-state index contributed by atoms with van der Waals surface area (Å²) in [4.78, 5) is 87.1. The average Bonchev–Trinajstić information content (AvgIpc) is 3.01. The highest BCUT2D eigenvalue weighted by molar-refractivity contribution is 5.96. The molecule has 0 aliphatic rings. The van der Waals surface area contributed by atoms with Crippen molar-refractivity contribution in [3.05, 3.63) is 0 Å². The summed E-state index contributed by atoms with van der Waals surface area (Å²) in [6, 6.07) is -8.16. The SMILES string of the molecule is CC[C@H](C)[C@H](NC(=O)[C@H](CO)NC(=O)[C@H](CO)NC(=O)[C@H](CC(C)C)NC(=O)[C@@H](N)CCCCN)C(=O)N[C@@H](CCC(=O)O)C(=O)O. The highest BCUT2D eigenvalue weighted by Crippen LogP contribution is 2.11. The molecule has 0 aromatic rings. The molecule has 0 saturated carbocycles. The molecule has 0 aromatic carbocycles. The molecule has 47 heavy (non-hydrogen) atoms. The summed E-state index contributed by atoms with van der Waals surface area (Å²) >= 11 is 0. The zero-order valence-corrected chi connectivity index (χ0v) is 27.5. The summed E-state index contributed by atoms with van der Waals surface area (Å²) in [5, 5.41) is 49.6. The summed E-state index contributed by atoms with van der Waals surface area (Å²) < 4.78 is 0. The zero-order valence-electron chi connectivity index (χ0n) is 27.5. The van der Waals surface area contributed by atoms with Gasteiger partial charge in [-0.3, -0.25) is 28.8 Å². The molecule has 0 heterocycles. The fraction of sp³-hybridized carbons (Fsp3) is 0.759. The maximum absolute atomic E-state index is 13.1. The molecule has 13 N–H and O–H groups in total. The van der Waals surface area contributed by atoms with Gasteiger partial charge < -0.3 is 58.5 Å². The second-order valence-electron chi connectivity index (χ2n) is 11.8. The van der Waals surface area contributed by atoms with Gasteiger partial charge in [0.2, 0.25) is 29.5 Å². The van der Waals surface area contributed by atoms with Crippen LogP contribution in [-0.2, 0) is 33.6 Å². The molecule has 0 aromatic heterocycles. The van der Waals surface area contributed by atoms with Crippen LogP contribution in [0, 0.1) is 11.8 Å². The minimum Gasteiger partial charge on any atom is -0.481 e. The maximum Gasteiger partial charge on any atom is 0.326 e. The van der Waals surface area contributed by atoms with Crippen molar-refractivity contribution >= 4 is 41.5 Å². The Labute approximate surface area is 274 Å². The molecule has 0 saturated heterocycles. The quantitative estimate of drug-likeness (QED) is 0.0452. The Morgan fingerprint density at radius 1 is 0.660 bits per heavy atom. The van der Waals surface area contributed by atoms with Gasteiger partial charge in [0.1, 0.15) is 30.2 Å². The number of carbonyl (C=O) groups excluding carboxylic acids is 5. The summed E-state index contributed by atoms with van der Waals surface area (Å²) in [7, 11) is 0. The highest BCUT2D eigenvalue weighted by atomic mass is 16.4. The van der Waals surface area contributed by atoms with Crippen LogP contribution < -0.4 is 38.1 Å². The van der Waals surface area contributed by atoms with Crippen molar-refractivity contribution in [2.75, 3.05) is 19.8 Å². The standard InChI is InChI=1S/C29H53N7O11/c1-5-16(4)23(28(45)32-18(29(46)47)9-10-22(39)40)36-27(44)21(14-38)35-26(43)20(13-37)34-25(42)19(12-15(2)3)33-24(41)17(31)8-6-7-11-30/h15-21,23,37-38H,5-14,30-31H2,1-4H3,(H,32,45)(H,33,41)(H,34,42)(H,35,43)(H,36,44)(H,39,40)(H,46,47)/t16-,17-,18-,19-,20-,21-,23-/m0/s1. The van der Waals surface area contributed by atoms with E-state index in [4.69, 9.17) is 16.6 Å². The van der Waals surface area contributed by atoms with E-state index in [0.29, 0.717) is 32.2 Å². The van der Waals surface area contributed by atoms with Crippen LogP contribution in [0.15, 0.2) is 0 Å². The molecule has 18 nitrogen and oxygen atoms in total. The zero-order chi connectivity index (χ0) is 36.3. The fourth-order valence-electron chi connectivity index (χ4n) is 4.30. The number of rotatable bonds is 24. The molecule has 0 rings (SSSR count). The Morgan fingerprint density at radius 3 is 1.60 bits per heavy atom. The number of carboxylic acid groups (broad SMARTS) is 2. The van der Waals surface area contributed by atoms with Gasteiger partial charge in [0.25, 0.3) is 0 Å². The van der Waals surface area contributed by atoms with E-state index in [0.717, 1.165) is 0 Å². The molecule has 18 heteroatoms. The first kappa shape index (κ1) is 43.1. The first-order valence-corrected chi connectivity index (χ1v) is 15.7. The Morgan fingerprint density at radius 2 is 1.15 bits per heavy atom. The van der Waals surface area contributed by atoms with Crippen LogP contribution in [0.4, 0.5) is 0 Å². The van der Waals surface area contributed by atoms with Crippen LogP contribution in [-0.4, -0.2) is 118 Å². The minimum absolute atomic E-state index is 0.0676. The van der Waals surface area contributed by atoms with Gasteiger partial charge in [-0.15, -0.1) is 0 Å². The van der Waals surface area contributed by atoms with Crippen LogP contribution in [0.1, 0.15) is 72.6 Å². The lowest BCUT2D eigenvalue weighted by Crippen LogP contribution is -2.61. The van der Waals surface area contributed by atoms with Crippen molar-refractivity contribution in [3.8, 4) is 0 Å². The number of aliphatic carboxylic acids is 2. The second-order valence-corrected chi connectivity index (χ2v) is 11.8. The van der Waals surface area contributed by atoms with Crippen molar-refractivity contribution in [1.82, 2.24) is 26.6 Å². The first-order valence-electron chi connectivity index (χ1n) is 15.7. The van der Waals surface area contributed by atoms with E-state index < -0.39 is 110 Å². The summed E-state index contributed by atoms with van der Waals surface area (Å²) in [5.41, 5.74) is 11.4. The van der Waals surface area contributed by atoms with E-state index in [2.05, 4.69) is 26.6 Å². The van der Waals surface area contributed by atoms with Gasteiger partial charge in [0, 0.05) is 6.42 Å². The Hall–Kier alpha value is -3.87. The number of nitrogens with one attached hydrogen (secondary N) is 5. The number of amides is 5. The predicted molar refractivity (Wildman–Crippen MR) is 168 cm³/mol. The molecule has 0 aliphatic carbocycles. The summed E-state index contributed by atoms with van der Waals surface area (Å²) in [6.07, 6.45) is 1.19. The molecular formula is C29H53N7O11. The number of hydrogen-bond acceptors (Lipinski definition) is 11. The van der Waals surface area contributed by atoms with E-state index in [-0.39, 0.29) is 12.3 Å². The molecule has 7 atom stereocenters. The molecule has 0 spiro atoms. The van der Waals surface area contributed by atoms with Crippen molar-refractivity contribution in [1.29, 1.82) is 0 Å². The number of aliphatic hydroxyl groups is 2. The third-order valence-corrected chi connectivity index (χ3v) is 7.33. The molecule has 5 amide bonds. The van der Waals surface area contributed by atoms with E-state index in [1.807, 2.05) is 0 Å². The van der Waals surface area contributed by atoms with Gasteiger partial charge in [0.05, 0.1) is 19.3 Å². The maximum atomic E-state index is 13.1. The van der Waals surface area contributed by atoms with Gasteiger partial charge in [0.15, 0.2) is 0 Å². The van der Waals surface area contributed by atoms with Crippen LogP contribution in [0.2, 0.25) is 0 Å². The number of aliphatic hydroxyl groups excluding tert-OH is 2. The van der Waals surface area contributed by atoms with Crippen molar-refractivity contribution in [2.45, 2.75) is 109 Å². The molecule has 270 valence electrons. The first-order chi connectivity index (χ1) is 22.0. The molecule has 0 fully saturated rings. The molecule has 0 aliphatic heterocycles. The topological polar surface area (TPSA) is 313 Å². The smallest absolute Gasteiger partial charge is 0.326 e. The van der Waals surface area contributed by atoms with Gasteiger partial charge in [-0.2, -0.15) is 0 Å². The third kappa shape index (κ3) is 16.5. The number of carboxylic acids is 2. The fourth-order valence-corrected chi connectivity index (χ4v) is 4.30. The number of hydrogen-bond donors (Lipinski definition) is 11. The lowest BCUT2D eigenvalue weighted by atomic mass is 9.97. The van der Waals surface area contributed by atoms with Crippen molar-refractivity contribution in [2.24, 2.45) is 23.3 Å². The number of carbonyl (C=O) groups is 7. The summed E-state index contributed by atoms with van der Waals surface area (Å²) in [5.74, 6) is -7.78. The van der Waals surface area contributed by atoms with Gasteiger partial charge in [-0.25, -0.2) is 4.79 Å². The van der Waals surface area contributed by atoms with E-state index in [1.54, 1.807) is 27.7 Å². The van der Waals surface area contributed by atoms with Crippen LogP contribution in [0.25, 0.3) is 0 Å². The molecule has 0 bridgehead atoms. The van der Waals surface area contributed by atoms with E-state index in [9.17, 15) is 48.9 Å². The van der Waals surface area contributed by atoms with Crippen LogP contribution >= 0.6 is 0 Å². The average molecular weight is 676 g/mol. The predicted octanol–water partition coefficient (Wildman–Crippen LogP) is -3.11. The van der Waals surface area contributed by atoms with Crippen LogP contribution in [0.5, 0.6) is 0 Å². The van der Waals surface area contributed by atoms with Crippen LogP contribution in [0.3, 0.4) is 0 Å². The lowest BCUT2D eigenvalue weighted by molar-refractivity contribution is -0.143. The largest absolute Gasteiger partial charge is 0.481 e. The summed E-state index contributed by atoms with van der Waals surface area (Å²) in [6.45, 7) is 5.46. The van der Waals surface area contributed by atoms with Gasteiger partial charge >= 0.3 is 11.9 Å². The normalized spacial score (nSPS) is 15.6. The van der Waals surface area contributed by atoms with E-state index in [1.165, 1.54) is 0 Å². The van der Waals surface area contributed by atoms with Crippen molar-refractivity contribution < 1.29 is 54.0 Å². The Balaban J connectivity index is 5.64. The molecular weight excluding hydrogens is 622 g/mol. The van der Waals surface area contributed by atoms with Gasteiger partial charge in [-0.1, -0.05) is 40.5 Å². The molecule has 0 radical (unpaired) electrons. The lowest BCUT2D eigenvalue weighted by Gasteiger charge is -2.28.